The van der Waals surface area contributed by atoms with Crippen molar-refractivity contribution in [2.45, 2.75) is 13.8 Å². The molecule has 1 unspecified atom stereocenters. The number of benzene rings is 1. The Balaban J connectivity index is 3.09. The molecule has 0 fully saturated rings. The van der Waals surface area contributed by atoms with Crippen LogP contribution >= 0.6 is 9.39 Å². The van der Waals surface area contributed by atoms with E-state index in [0.29, 0.717) is 0 Å². The maximum Gasteiger partial charge on any atom is 0.0422 e. The summed E-state index contributed by atoms with van der Waals surface area (Å²) < 4.78 is 2.05. The van der Waals surface area contributed by atoms with Gasteiger partial charge in [-0.15, -0.1) is 0 Å². The lowest BCUT2D eigenvalue weighted by Crippen LogP contribution is -2.01. The minimum Gasteiger partial charge on any atom is -0.359 e. The van der Waals surface area contributed by atoms with Crippen molar-refractivity contribution in [3.8, 4) is 0 Å². The van der Waals surface area contributed by atoms with Crippen LogP contribution in [0.3, 0.4) is 0 Å². The van der Waals surface area contributed by atoms with Gasteiger partial charge in [0.05, 0.1) is 0 Å². The summed E-state index contributed by atoms with van der Waals surface area (Å²) in [5.74, 6) is 0. The molecular weight excluding hydrogens is 153 g/mol. The molecule has 1 nitrogen and oxygen atoms in total. The summed E-state index contributed by atoms with van der Waals surface area (Å²) in [5, 5.41) is 0. The van der Waals surface area contributed by atoms with Gasteiger partial charge >= 0.3 is 0 Å². The van der Waals surface area contributed by atoms with Crippen LogP contribution in [-0.2, 0) is 0 Å². The summed E-state index contributed by atoms with van der Waals surface area (Å²) in [6, 6.07) is 6.45. The molecule has 0 saturated heterocycles. The Hall–Kier alpha value is -0.550. The molecular formula is C9H14NP. The number of anilines is 1. The van der Waals surface area contributed by atoms with E-state index in [4.69, 9.17) is 0 Å². The van der Waals surface area contributed by atoms with E-state index in [1.807, 2.05) is 7.05 Å². The molecule has 0 bridgehead atoms. The highest BCUT2D eigenvalue weighted by molar-refractivity contribution is 7.19. The van der Waals surface area contributed by atoms with Gasteiger partial charge in [-0.2, -0.15) is 0 Å². The van der Waals surface area contributed by atoms with Crippen LogP contribution in [0.4, 0.5) is 5.69 Å². The third-order valence-corrected chi connectivity index (χ3v) is 2.01. The van der Waals surface area contributed by atoms with Crippen LogP contribution in [0.1, 0.15) is 11.1 Å². The molecule has 0 aromatic heterocycles. The number of hydrogen-bond donors (Lipinski definition) is 0. The van der Waals surface area contributed by atoms with E-state index in [1.165, 1.54) is 16.8 Å². The average Bonchev–Trinajstić information content (AvgIpc) is 1.85. The van der Waals surface area contributed by atoms with Crippen LogP contribution in [0.5, 0.6) is 0 Å². The molecule has 60 valence electrons. The molecule has 0 aliphatic heterocycles. The Labute approximate surface area is 70.7 Å². The highest BCUT2D eigenvalue weighted by Gasteiger charge is 1.98. The predicted molar refractivity (Wildman–Crippen MR) is 54.0 cm³/mol. The van der Waals surface area contributed by atoms with Crippen molar-refractivity contribution < 1.29 is 0 Å². The van der Waals surface area contributed by atoms with E-state index < -0.39 is 0 Å². The molecule has 0 heterocycles. The van der Waals surface area contributed by atoms with Gasteiger partial charge in [-0.3, -0.25) is 0 Å². The molecule has 1 aromatic rings. The maximum absolute atomic E-state index is 2.66. The van der Waals surface area contributed by atoms with Crippen molar-refractivity contribution >= 4 is 15.1 Å². The number of nitrogens with zero attached hydrogens (tertiary/aromatic N) is 1. The fraction of sp³-hybridized carbons (Fsp3) is 0.333. The molecule has 0 amide bonds. The van der Waals surface area contributed by atoms with Gasteiger partial charge in [0.1, 0.15) is 0 Å². The molecule has 0 radical (unpaired) electrons. The Kier molecular flexibility index (Phi) is 2.51. The normalized spacial score (nSPS) is 9.82. The zero-order valence-electron chi connectivity index (χ0n) is 7.26. The molecule has 0 aliphatic carbocycles. The van der Waals surface area contributed by atoms with Gasteiger partial charge in [0.15, 0.2) is 0 Å². The van der Waals surface area contributed by atoms with Crippen LogP contribution < -0.4 is 4.67 Å². The predicted octanol–water partition coefficient (Wildman–Crippen LogP) is 2.53. The summed E-state index contributed by atoms with van der Waals surface area (Å²) >= 11 is 0. The first kappa shape index (κ1) is 8.55. The lowest BCUT2D eigenvalue weighted by Gasteiger charge is -2.15. The Morgan fingerprint density at radius 1 is 1.27 bits per heavy atom. The fourth-order valence-electron chi connectivity index (χ4n) is 1.20. The van der Waals surface area contributed by atoms with Crippen LogP contribution in [-0.4, -0.2) is 7.05 Å². The third kappa shape index (κ3) is 1.94. The number of rotatable bonds is 1. The molecule has 0 spiro atoms. The van der Waals surface area contributed by atoms with Crippen molar-refractivity contribution in [3.63, 3.8) is 0 Å². The quantitative estimate of drug-likeness (QED) is 0.581. The molecule has 0 saturated carbocycles. The van der Waals surface area contributed by atoms with Crippen molar-refractivity contribution in [3.05, 3.63) is 29.3 Å². The van der Waals surface area contributed by atoms with E-state index in [0.717, 1.165) is 0 Å². The smallest absolute Gasteiger partial charge is 0.0422 e. The van der Waals surface area contributed by atoms with Gasteiger partial charge in [-0.05, 0) is 34.9 Å². The maximum atomic E-state index is 2.66. The Bertz CT molecular complexity index is 256. The van der Waals surface area contributed by atoms with E-state index in [9.17, 15) is 0 Å². The summed E-state index contributed by atoms with van der Waals surface area (Å²) in [4.78, 5) is 0. The summed E-state index contributed by atoms with van der Waals surface area (Å²) in [6.45, 7) is 4.24. The molecule has 1 rings (SSSR count). The van der Waals surface area contributed by atoms with Crippen molar-refractivity contribution in [1.29, 1.82) is 0 Å². The summed E-state index contributed by atoms with van der Waals surface area (Å²) in [7, 11) is 4.69. The second kappa shape index (κ2) is 3.23. The minimum atomic E-state index is 1.26. The topological polar surface area (TPSA) is 3.24 Å². The van der Waals surface area contributed by atoms with Gasteiger partial charge in [0.2, 0.25) is 0 Å². The van der Waals surface area contributed by atoms with E-state index in [1.54, 1.807) is 0 Å². The van der Waals surface area contributed by atoms with Crippen molar-refractivity contribution in [2.24, 2.45) is 0 Å². The number of hydrogen-bond acceptors (Lipinski definition) is 1. The van der Waals surface area contributed by atoms with Crippen molar-refractivity contribution in [2.75, 3.05) is 11.7 Å². The lowest BCUT2D eigenvalue weighted by atomic mass is 10.1. The van der Waals surface area contributed by atoms with Gasteiger partial charge in [0.25, 0.3) is 0 Å². The van der Waals surface area contributed by atoms with Crippen LogP contribution in [0.25, 0.3) is 0 Å². The van der Waals surface area contributed by atoms with E-state index in [-0.39, 0.29) is 0 Å². The highest BCUT2D eigenvalue weighted by Crippen LogP contribution is 2.21. The zero-order chi connectivity index (χ0) is 8.43. The molecule has 1 atom stereocenters. The Morgan fingerprint density at radius 3 is 2.36 bits per heavy atom. The first-order valence-corrected chi connectivity index (χ1v) is 4.18. The SMILES string of the molecule is Cc1ccc(N(C)P)c(C)c1. The first-order chi connectivity index (χ1) is 5.11. The summed E-state index contributed by atoms with van der Waals surface area (Å²) in [5.41, 5.74) is 3.90. The van der Waals surface area contributed by atoms with E-state index >= 15 is 0 Å². The molecule has 11 heavy (non-hydrogen) atoms. The summed E-state index contributed by atoms with van der Waals surface area (Å²) in [6.07, 6.45) is 0. The first-order valence-electron chi connectivity index (χ1n) is 3.67. The lowest BCUT2D eigenvalue weighted by molar-refractivity contribution is 1.29. The largest absolute Gasteiger partial charge is 0.359 e. The van der Waals surface area contributed by atoms with Crippen LogP contribution in [0.15, 0.2) is 18.2 Å². The van der Waals surface area contributed by atoms with Crippen LogP contribution in [0, 0.1) is 13.8 Å². The minimum absolute atomic E-state index is 1.26. The molecule has 1 aromatic carbocycles. The van der Waals surface area contributed by atoms with Gasteiger partial charge < -0.3 is 4.67 Å². The van der Waals surface area contributed by atoms with E-state index in [2.05, 4.69) is 46.1 Å². The molecule has 0 aliphatic rings. The average molecular weight is 167 g/mol. The fourth-order valence-corrected chi connectivity index (χ4v) is 1.49. The third-order valence-electron chi connectivity index (χ3n) is 1.73. The second-order valence-corrected chi connectivity index (χ2v) is 3.68. The Morgan fingerprint density at radius 2 is 1.91 bits per heavy atom. The molecule has 2 heteroatoms. The monoisotopic (exact) mass is 167 g/mol. The second-order valence-electron chi connectivity index (χ2n) is 2.90. The zero-order valence-corrected chi connectivity index (χ0v) is 8.41. The van der Waals surface area contributed by atoms with Gasteiger partial charge in [0, 0.05) is 12.7 Å². The molecule has 0 N–H and O–H groups in total. The van der Waals surface area contributed by atoms with Crippen LogP contribution in [0.2, 0.25) is 0 Å². The standard InChI is InChI=1S/C9H14NP/c1-7-4-5-9(10(3)11)8(2)6-7/h4-6H,11H2,1-3H3. The number of aryl methyl sites for hydroxylation is 2. The van der Waals surface area contributed by atoms with Gasteiger partial charge in [-0.1, -0.05) is 17.7 Å². The highest BCUT2D eigenvalue weighted by atomic mass is 31.0. The van der Waals surface area contributed by atoms with Gasteiger partial charge in [-0.25, -0.2) is 0 Å². The van der Waals surface area contributed by atoms with Crippen molar-refractivity contribution in [1.82, 2.24) is 0 Å².